The summed E-state index contributed by atoms with van der Waals surface area (Å²) in [5, 5.41) is 16.6. The van der Waals surface area contributed by atoms with E-state index in [-0.39, 0.29) is 31.6 Å². The van der Waals surface area contributed by atoms with Gasteiger partial charge in [0.05, 0.1) is 12.4 Å². The number of aliphatic carboxylic acids is 1. The Morgan fingerprint density at radius 1 is 1.03 bits per heavy atom. The van der Waals surface area contributed by atoms with Crippen LogP contribution >= 0.6 is 0 Å². The number of imidazole rings is 1. The predicted molar refractivity (Wildman–Crippen MR) is 128 cm³/mol. The zero-order valence-corrected chi connectivity index (χ0v) is 19.9. The van der Waals surface area contributed by atoms with E-state index in [4.69, 9.17) is 22.9 Å². The lowest BCUT2D eigenvalue weighted by Gasteiger charge is -2.23. The fraction of sp³-hybridized carbons (Fsp3) is 0.550. The van der Waals surface area contributed by atoms with E-state index < -0.39 is 53.8 Å². The zero-order valence-electron chi connectivity index (χ0n) is 19.9. The third-order valence-corrected chi connectivity index (χ3v) is 4.96. The molecular weight excluding hydrogens is 476 g/mol. The topological polar surface area (TPSA) is 287 Å². The van der Waals surface area contributed by atoms with Crippen LogP contribution in [0.5, 0.6) is 0 Å². The van der Waals surface area contributed by atoms with Crippen LogP contribution in [0.1, 0.15) is 38.3 Å². The molecule has 1 rings (SSSR count). The van der Waals surface area contributed by atoms with Gasteiger partial charge in [0.15, 0.2) is 5.96 Å². The standard InChI is InChI=1S/C20H34N10O6/c1-10(28-17(33)12(21)3-2-6-26-20(23)24)16(32)30-14(7-11-8-25-9-27-11)18(34)29-13(19(35)36)4-5-15(22)31/h8-10,12-14H,2-7,21H2,1H3,(H2,22,31)(H,25,27)(H,28,33)(H,29,34)(H,30,32)(H,35,36)(H4,23,24,26). The summed E-state index contributed by atoms with van der Waals surface area (Å²) in [7, 11) is 0. The molecule has 1 heterocycles. The van der Waals surface area contributed by atoms with E-state index in [1.54, 1.807) is 0 Å². The van der Waals surface area contributed by atoms with Gasteiger partial charge in [0, 0.05) is 31.3 Å². The monoisotopic (exact) mass is 510 g/mol. The SMILES string of the molecule is CC(NC(=O)C(N)CCCN=C(N)N)C(=O)NC(Cc1cnc[nH]1)C(=O)NC(CCC(N)=O)C(=O)O. The van der Waals surface area contributed by atoms with E-state index in [9.17, 15) is 29.1 Å². The first-order valence-electron chi connectivity index (χ1n) is 11.1. The maximum absolute atomic E-state index is 12.8. The van der Waals surface area contributed by atoms with Crippen LogP contribution in [0.3, 0.4) is 0 Å². The van der Waals surface area contributed by atoms with Crippen molar-refractivity contribution in [3.05, 3.63) is 18.2 Å². The Kier molecular flexibility index (Phi) is 12.4. The zero-order chi connectivity index (χ0) is 27.3. The van der Waals surface area contributed by atoms with Crippen LogP contribution in [-0.4, -0.2) is 81.3 Å². The van der Waals surface area contributed by atoms with Crippen LogP contribution < -0.4 is 38.9 Å². The number of nitrogens with one attached hydrogen (secondary N) is 4. The number of aromatic amines is 1. The molecule has 16 nitrogen and oxygen atoms in total. The van der Waals surface area contributed by atoms with E-state index in [0.29, 0.717) is 18.7 Å². The molecule has 0 aliphatic rings. The van der Waals surface area contributed by atoms with Gasteiger partial charge in [-0.1, -0.05) is 0 Å². The molecule has 0 fully saturated rings. The first-order chi connectivity index (χ1) is 16.9. The van der Waals surface area contributed by atoms with Gasteiger partial charge in [0.2, 0.25) is 23.6 Å². The van der Waals surface area contributed by atoms with E-state index >= 15 is 0 Å². The van der Waals surface area contributed by atoms with Crippen LogP contribution in [-0.2, 0) is 30.4 Å². The van der Waals surface area contributed by atoms with Crippen molar-refractivity contribution >= 4 is 35.6 Å². The highest BCUT2D eigenvalue weighted by molar-refractivity contribution is 5.94. The van der Waals surface area contributed by atoms with Crippen molar-refractivity contribution in [1.29, 1.82) is 0 Å². The molecule has 0 aliphatic heterocycles. The Morgan fingerprint density at radius 2 is 1.69 bits per heavy atom. The molecule has 0 bridgehead atoms. The number of aromatic nitrogens is 2. The lowest BCUT2D eigenvalue weighted by atomic mass is 10.1. The average molecular weight is 511 g/mol. The lowest BCUT2D eigenvalue weighted by Crippen LogP contribution is -2.57. The fourth-order valence-corrected chi connectivity index (χ4v) is 2.97. The van der Waals surface area contributed by atoms with Crippen molar-refractivity contribution in [2.45, 2.75) is 63.2 Å². The Bertz CT molecular complexity index is 931. The molecule has 13 N–H and O–H groups in total. The van der Waals surface area contributed by atoms with Gasteiger partial charge >= 0.3 is 5.97 Å². The Morgan fingerprint density at radius 3 is 2.25 bits per heavy atom. The molecule has 200 valence electrons. The quantitative estimate of drug-likeness (QED) is 0.0592. The van der Waals surface area contributed by atoms with Gasteiger partial charge in [-0.2, -0.15) is 0 Å². The highest BCUT2D eigenvalue weighted by Crippen LogP contribution is 2.04. The van der Waals surface area contributed by atoms with Crippen molar-refractivity contribution in [1.82, 2.24) is 25.9 Å². The molecule has 1 aromatic heterocycles. The Hall–Kier alpha value is -4.21. The van der Waals surface area contributed by atoms with Crippen molar-refractivity contribution < 1.29 is 29.1 Å². The number of carbonyl (C=O) groups is 5. The number of primary amides is 1. The smallest absolute Gasteiger partial charge is 0.326 e. The predicted octanol–water partition coefficient (Wildman–Crippen LogP) is -3.84. The summed E-state index contributed by atoms with van der Waals surface area (Å²) in [6, 6.07) is -4.61. The van der Waals surface area contributed by atoms with Crippen LogP contribution in [0, 0.1) is 0 Å². The molecule has 0 saturated heterocycles. The molecule has 0 aliphatic carbocycles. The molecule has 4 amide bonds. The summed E-state index contributed by atoms with van der Waals surface area (Å²) >= 11 is 0. The Labute approximate surface area is 207 Å². The second-order valence-corrected chi connectivity index (χ2v) is 8.03. The number of amides is 4. The number of hydrogen-bond acceptors (Lipinski definition) is 8. The summed E-state index contributed by atoms with van der Waals surface area (Å²) in [6.45, 7) is 1.69. The summed E-state index contributed by atoms with van der Waals surface area (Å²) in [4.78, 5) is 70.8. The molecule has 0 aromatic carbocycles. The summed E-state index contributed by atoms with van der Waals surface area (Å²) < 4.78 is 0. The molecule has 0 spiro atoms. The highest BCUT2D eigenvalue weighted by atomic mass is 16.4. The van der Waals surface area contributed by atoms with Crippen LogP contribution in [0.2, 0.25) is 0 Å². The number of H-pyrrole nitrogens is 1. The van der Waals surface area contributed by atoms with E-state index in [1.165, 1.54) is 19.4 Å². The molecular formula is C20H34N10O6. The minimum absolute atomic E-state index is 0.0509. The normalized spacial score (nSPS) is 13.9. The van der Waals surface area contributed by atoms with Crippen molar-refractivity contribution in [3.8, 4) is 0 Å². The number of guanidine groups is 1. The van der Waals surface area contributed by atoms with Crippen LogP contribution in [0.4, 0.5) is 0 Å². The number of carboxylic acid groups (broad SMARTS) is 1. The molecule has 36 heavy (non-hydrogen) atoms. The summed E-state index contributed by atoms with van der Waals surface area (Å²) in [5.41, 5.74) is 21.8. The second kappa shape index (κ2) is 14.9. The number of nitrogens with zero attached hydrogens (tertiary/aromatic N) is 2. The molecule has 0 saturated carbocycles. The number of carbonyl (C=O) groups excluding carboxylic acids is 4. The number of hydrogen-bond donors (Lipinski definition) is 9. The van der Waals surface area contributed by atoms with Crippen molar-refractivity contribution in [3.63, 3.8) is 0 Å². The summed E-state index contributed by atoms with van der Waals surface area (Å²) in [5.74, 6) is -4.28. The van der Waals surface area contributed by atoms with Crippen molar-refractivity contribution in [2.75, 3.05) is 6.54 Å². The fourth-order valence-electron chi connectivity index (χ4n) is 2.97. The summed E-state index contributed by atoms with van der Waals surface area (Å²) in [6.07, 6.45) is 2.98. The molecule has 4 atom stereocenters. The van der Waals surface area contributed by atoms with E-state index in [0.717, 1.165) is 0 Å². The number of nitrogens with two attached hydrogens (primary N) is 4. The van der Waals surface area contributed by atoms with Gasteiger partial charge in [-0.3, -0.25) is 24.2 Å². The van der Waals surface area contributed by atoms with Gasteiger partial charge in [-0.25, -0.2) is 9.78 Å². The Balaban J connectivity index is 2.79. The maximum Gasteiger partial charge on any atom is 0.326 e. The van der Waals surface area contributed by atoms with Gasteiger partial charge in [-0.15, -0.1) is 0 Å². The van der Waals surface area contributed by atoms with E-state index in [1.807, 2.05) is 0 Å². The first-order valence-corrected chi connectivity index (χ1v) is 11.1. The van der Waals surface area contributed by atoms with Gasteiger partial charge < -0.3 is 49.0 Å². The molecule has 4 unspecified atom stereocenters. The average Bonchev–Trinajstić information content (AvgIpc) is 3.31. The first kappa shape index (κ1) is 29.8. The lowest BCUT2D eigenvalue weighted by molar-refractivity contribution is -0.142. The molecule has 0 radical (unpaired) electrons. The molecule has 16 heteroatoms. The van der Waals surface area contributed by atoms with E-state index in [2.05, 4.69) is 30.9 Å². The minimum atomic E-state index is -1.40. The van der Waals surface area contributed by atoms with Crippen LogP contribution in [0.15, 0.2) is 17.5 Å². The number of carboxylic acids is 1. The third kappa shape index (κ3) is 11.3. The third-order valence-electron chi connectivity index (χ3n) is 4.96. The maximum atomic E-state index is 12.8. The van der Waals surface area contributed by atoms with Crippen molar-refractivity contribution in [2.24, 2.45) is 27.9 Å². The largest absolute Gasteiger partial charge is 0.480 e. The number of rotatable bonds is 16. The molecule has 1 aromatic rings. The highest BCUT2D eigenvalue weighted by Gasteiger charge is 2.29. The van der Waals surface area contributed by atoms with Crippen LogP contribution in [0.25, 0.3) is 0 Å². The van der Waals surface area contributed by atoms with Gasteiger partial charge in [0.25, 0.3) is 0 Å². The minimum Gasteiger partial charge on any atom is -0.480 e. The van der Waals surface area contributed by atoms with Gasteiger partial charge in [0.1, 0.15) is 18.1 Å². The second-order valence-electron chi connectivity index (χ2n) is 8.03. The number of aliphatic imine (C=N–C) groups is 1. The van der Waals surface area contributed by atoms with Gasteiger partial charge in [-0.05, 0) is 26.2 Å².